The maximum absolute atomic E-state index is 6.58. The number of fused-ring (bicyclic) bond motifs is 2. The zero-order chi connectivity index (χ0) is 15.7. The van der Waals surface area contributed by atoms with Crippen molar-refractivity contribution < 1.29 is 0 Å². The molecular weight excluding hydrogens is 270 g/mol. The maximum Gasteiger partial charge on any atom is 0.0659 e. The molecule has 3 rings (SSSR count). The van der Waals surface area contributed by atoms with Crippen LogP contribution in [-0.2, 0) is 6.54 Å². The van der Waals surface area contributed by atoms with E-state index in [0.29, 0.717) is 6.04 Å². The fraction of sp³-hybridized carbons (Fsp3) is 0.263. The Hall–Kier alpha value is -2.42. The standard InChI is InChI=1S/C19H23N3/c1-13(2)21-19-15-9-5-4-8-14(15)12-22(3)17-11-7-6-10-16(17)18(19)20/h4-11,13,21H,12,20H2,1-3H3/b19-18-. The topological polar surface area (TPSA) is 41.3 Å². The highest BCUT2D eigenvalue weighted by Gasteiger charge is 2.20. The fourth-order valence-electron chi connectivity index (χ4n) is 3.00. The molecule has 0 unspecified atom stereocenters. The second-order valence-electron chi connectivity index (χ2n) is 6.12. The minimum absolute atomic E-state index is 0.325. The van der Waals surface area contributed by atoms with E-state index in [4.69, 9.17) is 5.73 Å². The van der Waals surface area contributed by atoms with Gasteiger partial charge in [0.25, 0.3) is 0 Å². The van der Waals surface area contributed by atoms with Gasteiger partial charge in [-0.1, -0.05) is 42.5 Å². The van der Waals surface area contributed by atoms with Crippen LogP contribution in [0.1, 0.15) is 30.5 Å². The lowest BCUT2D eigenvalue weighted by atomic mass is 9.96. The SMILES string of the molecule is CC(C)N/C1=C(\N)c2ccccc2N(C)Cc2ccccc21. The molecule has 0 bridgehead atoms. The number of nitrogens with zero attached hydrogens (tertiary/aromatic N) is 1. The van der Waals surface area contributed by atoms with Crippen LogP contribution >= 0.6 is 0 Å². The van der Waals surface area contributed by atoms with Gasteiger partial charge in [0.1, 0.15) is 0 Å². The number of hydrogen-bond donors (Lipinski definition) is 2. The van der Waals surface area contributed by atoms with E-state index < -0.39 is 0 Å². The molecule has 2 aromatic rings. The Balaban J connectivity index is 2.28. The highest BCUT2D eigenvalue weighted by atomic mass is 15.1. The van der Waals surface area contributed by atoms with E-state index >= 15 is 0 Å². The van der Waals surface area contributed by atoms with Crippen molar-refractivity contribution >= 4 is 17.1 Å². The Kier molecular flexibility index (Phi) is 3.80. The first-order valence-corrected chi connectivity index (χ1v) is 7.73. The zero-order valence-corrected chi connectivity index (χ0v) is 13.4. The quantitative estimate of drug-likeness (QED) is 0.891. The molecule has 3 heteroatoms. The monoisotopic (exact) mass is 293 g/mol. The van der Waals surface area contributed by atoms with Crippen molar-refractivity contribution in [1.82, 2.24) is 5.32 Å². The summed E-state index contributed by atoms with van der Waals surface area (Å²) in [5.74, 6) is 0. The lowest BCUT2D eigenvalue weighted by Crippen LogP contribution is -2.28. The Morgan fingerprint density at radius 2 is 1.64 bits per heavy atom. The second-order valence-corrected chi connectivity index (χ2v) is 6.12. The van der Waals surface area contributed by atoms with Gasteiger partial charge in [0.2, 0.25) is 0 Å². The molecule has 22 heavy (non-hydrogen) atoms. The first-order valence-electron chi connectivity index (χ1n) is 7.73. The van der Waals surface area contributed by atoms with Crippen LogP contribution in [0.3, 0.4) is 0 Å². The number of benzene rings is 2. The Labute approximate surface area is 132 Å². The van der Waals surface area contributed by atoms with E-state index in [-0.39, 0.29) is 0 Å². The molecule has 0 amide bonds. The third-order valence-electron chi connectivity index (χ3n) is 4.00. The first-order chi connectivity index (χ1) is 10.6. The molecule has 3 nitrogen and oxygen atoms in total. The molecule has 3 N–H and O–H groups in total. The van der Waals surface area contributed by atoms with Gasteiger partial charge >= 0.3 is 0 Å². The van der Waals surface area contributed by atoms with Crippen molar-refractivity contribution in [1.29, 1.82) is 0 Å². The van der Waals surface area contributed by atoms with Crippen molar-refractivity contribution in [3.8, 4) is 0 Å². The number of anilines is 1. The molecule has 0 spiro atoms. The highest BCUT2D eigenvalue weighted by Crippen LogP contribution is 2.33. The second kappa shape index (κ2) is 5.76. The zero-order valence-electron chi connectivity index (χ0n) is 13.4. The molecule has 0 fully saturated rings. The summed E-state index contributed by atoms with van der Waals surface area (Å²) in [4.78, 5) is 2.26. The van der Waals surface area contributed by atoms with Crippen LogP contribution in [0.4, 0.5) is 5.69 Å². The van der Waals surface area contributed by atoms with Crippen LogP contribution in [0.5, 0.6) is 0 Å². The Morgan fingerprint density at radius 3 is 2.36 bits per heavy atom. The largest absolute Gasteiger partial charge is 0.396 e. The molecule has 0 aromatic heterocycles. The van der Waals surface area contributed by atoms with Crippen molar-refractivity contribution in [2.75, 3.05) is 11.9 Å². The molecule has 114 valence electrons. The van der Waals surface area contributed by atoms with E-state index in [0.717, 1.165) is 29.2 Å². The number of para-hydroxylation sites is 1. The summed E-state index contributed by atoms with van der Waals surface area (Å²) >= 11 is 0. The normalized spacial score (nSPS) is 17.5. The van der Waals surface area contributed by atoms with E-state index in [1.54, 1.807) is 0 Å². The van der Waals surface area contributed by atoms with Crippen LogP contribution in [0, 0.1) is 0 Å². The third-order valence-corrected chi connectivity index (χ3v) is 4.00. The summed E-state index contributed by atoms with van der Waals surface area (Å²) in [7, 11) is 2.11. The first kappa shape index (κ1) is 14.5. The maximum atomic E-state index is 6.58. The molecule has 1 aliphatic heterocycles. The minimum Gasteiger partial charge on any atom is -0.396 e. The number of rotatable bonds is 2. The smallest absolute Gasteiger partial charge is 0.0659 e. The van der Waals surface area contributed by atoms with Gasteiger partial charge in [0.15, 0.2) is 0 Å². The van der Waals surface area contributed by atoms with E-state index in [9.17, 15) is 0 Å². The highest BCUT2D eigenvalue weighted by molar-refractivity contribution is 5.93. The molecule has 0 aliphatic carbocycles. The average molecular weight is 293 g/mol. The summed E-state index contributed by atoms with van der Waals surface area (Å²) in [5.41, 5.74) is 13.1. The third kappa shape index (κ3) is 2.54. The Morgan fingerprint density at radius 1 is 1.00 bits per heavy atom. The van der Waals surface area contributed by atoms with E-state index in [1.807, 2.05) is 6.07 Å². The molecule has 0 atom stereocenters. The van der Waals surface area contributed by atoms with Crippen LogP contribution in [0.2, 0.25) is 0 Å². The van der Waals surface area contributed by atoms with E-state index in [1.165, 1.54) is 11.1 Å². The van der Waals surface area contributed by atoms with Gasteiger partial charge in [-0.05, 0) is 25.5 Å². The fourth-order valence-corrected chi connectivity index (χ4v) is 3.00. The number of nitrogens with one attached hydrogen (secondary N) is 1. The molecular formula is C19H23N3. The lowest BCUT2D eigenvalue weighted by molar-refractivity contribution is 0.715. The van der Waals surface area contributed by atoms with Gasteiger partial charge in [-0.15, -0.1) is 0 Å². The molecule has 2 aromatic carbocycles. The van der Waals surface area contributed by atoms with Gasteiger partial charge in [0.05, 0.1) is 11.4 Å². The number of hydrogen-bond acceptors (Lipinski definition) is 3. The van der Waals surface area contributed by atoms with Crippen molar-refractivity contribution in [3.63, 3.8) is 0 Å². The van der Waals surface area contributed by atoms with Crippen LogP contribution in [0.25, 0.3) is 11.4 Å². The van der Waals surface area contributed by atoms with Crippen LogP contribution in [-0.4, -0.2) is 13.1 Å². The summed E-state index contributed by atoms with van der Waals surface area (Å²) in [6.45, 7) is 5.14. The molecule has 1 heterocycles. The predicted molar refractivity (Wildman–Crippen MR) is 94.3 cm³/mol. The van der Waals surface area contributed by atoms with Gasteiger partial charge < -0.3 is 16.0 Å². The number of nitrogens with two attached hydrogens (primary N) is 1. The van der Waals surface area contributed by atoms with Gasteiger partial charge in [-0.25, -0.2) is 0 Å². The summed E-state index contributed by atoms with van der Waals surface area (Å²) in [5, 5.41) is 3.55. The minimum atomic E-state index is 0.325. The van der Waals surface area contributed by atoms with Crippen molar-refractivity contribution in [2.45, 2.75) is 26.4 Å². The molecule has 1 aliphatic rings. The van der Waals surface area contributed by atoms with Gasteiger partial charge in [-0.2, -0.15) is 0 Å². The van der Waals surface area contributed by atoms with Crippen molar-refractivity contribution in [3.05, 3.63) is 65.2 Å². The summed E-state index contributed by atoms with van der Waals surface area (Å²) < 4.78 is 0. The van der Waals surface area contributed by atoms with Gasteiger partial charge in [-0.3, -0.25) is 0 Å². The average Bonchev–Trinajstić information content (AvgIpc) is 2.51. The lowest BCUT2D eigenvalue weighted by Gasteiger charge is -2.29. The predicted octanol–water partition coefficient (Wildman–Crippen LogP) is 3.42. The molecule has 0 saturated carbocycles. The van der Waals surface area contributed by atoms with Crippen LogP contribution < -0.4 is 16.0 Å². The molecule has 0 radical (unpaired) electrons. The summed E-state index contributed by atoms with van der Waals surface area (Å²) in [6.07, 6.45) is 0. The molecule has 0 saturated heterocycles. The summed E-state index contributed by atoms with van der Waals surface area (Å²) in [6, 6.07) is 17.1. The van der Waals surface area contributed by atoms with E-state index in [2.05, 4.69) is 73.6 Å². The van der Waals surface area contributed by atoms with Crippen molar-refractivity contribution in [2.24, 2.45) is 5.73 Å². The Bertz CT molecular complexity index is 716. The van der Waals surface area contributed by atoms with Gasteiger partial charge in [0, 0.05) is 36.4 Å². The van der Waals surface area contributed by atoms with Crippen LogP contribution in [0.15, 0.2) is 48.5 Å².